The van der Waals surface area contributed by atoms with Gasteiger partial charge >= 0.3 is 0 Å². The molecule has 2 aliphatic rings. The van der Waals surface area contributed by atoms with E-state index in [0.29, 0.717) is 6.54 Å². The number of aromatic nitrogens is 2. The molecule has 0 bridgehead atoms. The van der Waals surface area contributed by atoms with Crippen molar-refractivity contribution >= 4 is 11.6 Å². The zero-order valence-corrected chi connectivity index (χ0v) is 15.9. The number of H-pyrrole nitrogens is 1. The third-order valence-corrected chi connectivity index (χ3v) is 5.78. The van der Waals surface area contributed by atoms with E-state index in [1.165, 1.54) is 36.0 Å². The molecule has 1 saturated heterocycles. The summed E-state index contributed by atoms with van der Waals surface area (Å²) in [6.07, 6.45) is 4.58. The van der Waals surface area contributed by atoms with E-state index in [1.807, 2.05) is 24.3 Å². The average Bonchev–Trinajstić information content (AvgIpc) is 3.29. The van der Waals surface area contributed by atoms with Crippen molar-refractivity contribution in [3.63, 3.8) is 0 Å². The molecule has 0 radical (unpaired) electrons. The number of anilines is 1. The SMILES string of the molecule is O=C(CN1CCCCC1)Nc1ccc(-c2n[nH]c3c2Cc2ccccc2-3)cc1. The van der Waals surface area contributed by atoms with Gasteiger partial charge in [-0.25, -0.2) is 0 Å². The Morgan fingerprint density at radius 1 is 1.04 bits per heavy atom. The first-order valence-electron chi connectivity index (χ1n) is 10.1. The van der Waals surface area contributed by atoms with Gasteiger partial charge in [0.25, 0.3) is 0 Å². The third-order valence-electron chi connectivity index (χ3n) is 5.78. The Labute approximate surface area is 164 Å². The van der Waals surface area contributed by atoms with Crippen LogP contribution < -0.4 is 5.32 Å². The average molecular weight is 372 g/mol. The Balaban J connectivity index is 1.29. The number of rotatable bonds is 4. The highest BCUT2D eigenvalue weighted by Crippen LogP contribution is 2.39. The molecule has 5 heteroatoms. The van der Waals surface area contributed by atoms with Crippen molar-refractivity contribution in [1.29, 1.82) is 0 Å². The van der Waals surface area contributed by atoms with Crippen LogP contribution in [0.4, 0.5) is 5.69 Å². The van der Waals surface area contributed by atoms with Gasteiger partial charge in [0, 0.05) is 28.8 Å². The van der Waals surface area contributed by atoms with Gasteiger partial charge in [0.05, 0.1) is 17.9 Å². The topological polar surface area (TPSA) is 61.0 Å². The summed E-state index contributed by atoms with van der Waals surface area (Å²) in [5.74, 6) is 0.0609. The van der Waals surface area contributed by atoms with Gasteiger partial charge < -0.3 is 5.32 Å². The van der Waals surface area contributed by atoms with Gasteiger partial charge in [0.15, 0.2) is 0 Å². The fourth-order valence-electron chi connectivity index (χ4n) is 4.34. The van der Waals surface area contributed by atoms with Gasteiger partial charge in [-0.15, -0.1) is 0 Å². The van der Waals surface area contributed by atoms with Gasteiger partial charge in [-0.1, -0.05) is 42.8 Å². The summed E-state index contributed by atoms with van der Waals surface area (Å²) in [5, 5.41) is 10.8. The van der Waals surface area contributed by atoms with Crippen LogP contribution in [-0.2, 0) is 11.2 Å². The van der Waals surface area contributed by atoms with Crippen molar-refractivity contribution in [2.75, 3.05) is 25.0 Å². The van der Waals surface area contributed by atoms with Crippen LogP contribution in [-0.4, -0.2) is 40.6 Å². The molecule has 1 aliphatic heterocycles. The van der Waals surface area contributed by atoms with Crippen molar-refractivity contribution in [2.24, 2.45) is 0 Å². The molecular weight excluding hydrogens is 348 g/mol. The first-order valence-corrected chi connectivity index (χ1v) is 10.1. The predicted molar refractivity (Wildman–Crippen MR) is 111 cm³/mol. The fraction of sp³-hybridized carbons (Fsp3) is 0.304. The minimum absolute atomic E-state index is 0.0609. The molecule has 1 aliphatic carbocycles. The van der Waals surface area contributed by atoms with Crippen LogP contribution in [0.5, 0.6) is 0 Å². The molecule has 1 fully saturated rings. The number of nitrogens with one attached hydrogen (secondary N) is 2. The Morgan fingerprint density at radius 3 is 2.64 bits per heavy atom. The maximum absolute atomic E-state index is 12.3. The Morgan fingerprint density at radius 2 is 1.82 bits per heavy atom. The summed E-state index contributed by atoms with van der Waals surface area (Å²) in [5.41, 5.74) is 7.87. The van der Waals surface area contributed by atoms with Gasteiger partial charge in [-0.3, -0.25) is 14.8 Å². The molecule has 0 atom stereocenters. The summed E-state index contributed by atoms with van der Waals surface area (Å²) in [4.78, 5) is 14.5. The van der Waals surface area contributed by atoms with Crippen LogP contribution in [0.3, 0.4) is 0 Å². The maximum Gasteiger partial charge on any atom is 0.238 e. The smallest absolute Gasteiger partial charge is 0.238 e. The van der Waals surface area contributed by atoms with E-state index in [9.17, 15) is 4.79 Å². The second-order valence-corrected chi connectivity index (χ2v) is 7.72. The van der Waals surface area contributed by atoms with E-state index in [2.05, 4.69) is 44.7 Å². The maximum atomic E-state index is 12.3. The van der Waals surface area contributed by atoms with E-state index < -0.39 is 0 Å². The number of benzene rings is 2. The zero-order chi connectivity index (χ0) is 18.9. The highest BCUT2D eigenvalue weighted by molar-refractivity contribution is 5.92. The Kier molecular flexibility index (Phi) is 4.45. The van der Waals surface area contributed by atoms with Gasteiger partial charge in [-0.05, 0) is 43.6 Å². The largest absolute Gasteiger partial charge is 0.325 e. The number of carbonyl (C=O) groups is 1. The van der Waals surface area contributed by atoms with E-state index in [0.717, 1.165) is 42.1 Å². The number of amides is 1. The second-order valence-electron chi connectivity index (χ2n) is 7.72. The highest BCUT2D eigenvalue weighted by Gasteiger charge is 2.24. The number of likely N-dealkylation sites (tertiary alicyclic amines) is 1. The van der Waals surface area contributed by atoms with Crippen molar-refractivity contribution < 1.29 is 4.79 Å². The monoisotopic (exact) mass is 372 g/mol. The molecule has 1 amide bonds. The summed E-state index contributed by atoms with van der Waals surface area (Å²) in [7, 11) is 0. The summed E-state index contributed by atoms with van der Waals surface area (Å²) in [6.45, 7) is 2.53. The van der Waals surface area contributed by atoms with Crippen LogP contribution in [0, 0.1) is 0 Å². The van der Waals surface area contributed by atoms with Crippen LogP contribution in [0.2, 0.25) is 0 Å². The molecule has 2 aromatic carbocycles. The molecule has 5 nitrogen and oxygen atoms in total. The van der Waals surface area contributed by atoms with E-state index in [1.54, 1.807) is 0 Å². The molecule has 28 heavy (non-hydrogen) atoms. The lowest BCUT2D eigenvalue weighted by molar-refractivity contribution is -0.117. The number of hydrogen-bond donors (Lipinski definition) is 2. The van der Waals surface area contributed by atoms with E-state index >= 15 is 0 Å². The summed E-state index contributed by atoms with van der Waals surface area (Å²) >= 11 is 0. The Bertz CT molecular complexity index is 1000. The van der Waals surface area contributed by atoms with Gasteiger partial charge in [0.2, 0.25) is 5.91 Å². The van der Waals surface area contributed by atoms with E-state index in [-0.39, 0.29) is 5.91 Å². The highest BCUT2D eigenvalue weighted by atomic mass is 16.2. The van der Waals surface area contributed by atoms with Crippen LogP contribution >= 0.6 is 0 Å². The number of nitrogens with zero attached hydrogens (tertiary/aromatic N) is 2. The molecule has 2 N–H and O–H groups in total. The first-order chi connectivity index (χ1) is 13.8. The van der Waals surface area contributed by atoms with Crippen molar-refractivity contribution in [2.45, 2.75) is 25.7 Å². The number of hydrogen-bond acceptors (Lipinski definition) is 3. The van der Waals surface area contributed by atoms with E-state index in [4.69, 9.17) is 0 Å². The molecule has 2 heterocycles. The summed E-state index contributed by atoms with van der Waals surface area (Å²) in [6, 6.07) is 16.5. The molecule has 1 aromatic heterocycles. The Hall–Kier alpha value is -2.92. The third kappa shape index (κ3) is 3.22. The summed E-state index contributed by atoms with van der Waals surface area (Å²) < 4.78 is 0. The molecule has 0 saturated carbocycles. The van der Waals surface area contributed by atoms with Crippen molar-refractivity contribution in [3.05, 3.63) is 59.7 Å². The van der Waals surface area contributed by atoms with Crippen LogP contribution in [0.25, 0.3) is 22.5 Å². The number of carbonyl (C=O) groups excluding carboxylic acids is 1. The zero-order valence-electron chi connectivity index (χ0n) is 15.9. The van der Waals surface area contributed by atoms with Crippen molar-refractivity contribution in [3.8, 4) is 22.5 Å². The molecule has 142 valence electrons. The second kappa shape index (κ2) is 7.24. The molecule has 0 unspecified atom stereocenters. The minimum Gasteiger partial charge on any atom is -0.325 e. The molecule has 5 rings (SSSR count). The minimum atomic E-state index is 0.0609. The molecular formula is C23H24N4O. The molecule has 0 spiro atoms. The standard InChI is InChI=1S/C23H24N4O/c28-21(15-27-12-4-1-5-13-27)24-18-10-8-16(9-11-18)22-20-14-17-6-2-3-7-19(17)23(20)26-25-22/h2-3,6-11H,1,4-5,12-15H2,(H,24,28)(H,25,26). The molecule has 3 aromatic rings. The van der Waals surface area contributed by atoms with Gasteiger partial charge in [0.1, 0.15) is 0 Å². The fourth-order valence-corrected chi connectivity index (χ4v) is 4.34. The van der Waals surface area contributed by atoms with Gasteiger partial charge in [-0.2, -0.15) is 5.10 Å². The lowest BCUT2D eigenvalue weighted by Gasteiger charge is -2.25. The first kappa shape index (κ1) is 17.2. The number of fused-ring (bicyclic) bond motifs is 3. The van der Waals surface area contributed by atoms with Crippen molar-refractivity contribution in [1.82, 2.24) is 15.1 Å². The lowest BCUT2D eigenvalue weighted by Crippen LogP contribution is -2.36. The predicted octanol–water partition coefficient (Wildman–Crippen LogP) is 4.07. The van der Waals surface area contributed by atoms with Crippen LogP contribution in [0.15, 0.2) is 48.5 Å². The quantitative estimate of drug-likeness (QED) is 0.568. The number of aromatic amines is 1. The van der Waals surface area contributed by atoms with Crippen LogP contribution in [0.1, 0.15) is 30.4 Å². The lowest BCUT2D eigenvalue weighted by atomic mass is 10.1. The normalized spacial score (nSPS) is 15.9. The number of piperidine rings is 1.